The largest absolute Gasteiger partial charge is 0.496 e. The van der Waals surface area contributed by atoms with Crippen LogP contribution in [0, 0.1) is 5.92 Å². The van der Waals surface area contributed by atoms with Gasteiger partial charge in [0.25, 0.3) is 11.8 Å². The number of carbonyl (C=O) groups excluding carboxylic acids is 2. The van der Waals surface area contributed by atoms with Crippen LogP contribution in [-0.4, -0.2) is 81.8 Å². The second-order valence-corrected chi connectivity index (χ2v) is 8.90. The predicted molar refractivity (Wildman–Crippen MR) is 132 cm³/mol. The lowest BCUT2D eigenvalue weighted by atomic mass is 10.0. The summed E-state index contributed by atoms with van der Waals surface area (Å²) in [6.45, 7) is 5.89. The standard InChI is InChI=1S/C26H35N3O5/c1-17-14-28(3)18(2)16-34-23-13-19(27-25(30)20-9-7-8-10-22(20)32-5)11-12-21(23)26(31)29(4)15-24(17)33-6/h7-13,17-18,24H,14-16H2,1-6H3,(H,27,30)/t17-,18+,24+/m1/s1. The Balaban J connectivity index is 1.91. The van der Waals surface area contributed by atoms with Crippen LogP contribution < -0.4 is 14.8 Å². The highest BCUT2D eigenvalue weighted by Gasteiger charge is 2.27. The number of amides is 2. The third-order valence-electron chi connectivity index (χ3n) is 6.37. The molecule has 2 aromatic carbocycles. The van der Waals surface area contributed by atoms with Gasteiger partial charge in [-0.1, -0.05) is 19.1 Å². The van der Waals surface area contributed by atoms with Gasteiger partial charge >= 0.3 is 0 Å². The Morgan fingerprint density at radius 2 is 1.82 bits per heavy atom. The highest BCUT2D eigenvalue weighted by atomic mass is 16.5. The first-order valence-electron chi connectivity index (χ1n) is 11.4. The fraction of sp³-hybridized carbons (Fsp3) is 0.462. The van der Waals surface area contributed by atoms with Crippen LogP contribution in [0.4, 0.5) is 5.69 Å². The molecule has 1 heterocycles. The van der Waals surface area contributed by atoms with Crippen molar-refractivity contribution in [2.45, 2.75) is 26.0 Å². The molecule has 34 heavy (non-hydrogen) atoms. The van der Waals surface area contributed by atoms with Crippen LogP contribution in [0.5, 0.6) is 11.5 Å². The molecule has 0 unspecified atom stereocenters. The second kappa shape index (κ2) is 11.4. The van der Waals surface area contributed by atoms with Crippen molar-refractivity contribution >= 4 is 17.5 Å². The first-order chi connectivity index (χ1) is 16.2. The molecule has 0 saturated carbocycles. The number of nitrogens with one attached hydrogen (secondary N) is 1. The van der Waals surface area contributed by atoms with Crippen LogP contribution in [-0.2, 0) is 4.74 Å². The van der Waals surface area contributed by atoms with E-state index in [1.807, 2.05) is 0 Å². The van der Waals surface area contributed by atoms with Crippen LogP contribution in [0.3, 0.4) is 0 Å². The summed E-state index contributed by atoms with van der Waals surface area (Å²) < 4.78 is 17.1. The average Bonchev–Trinajstić information content (AvgIpc) is 2.84. The van der Waals surface area contributed by atoms with E-state index in [0.717, 1.165) is 6.54 Å². The van der Waals surface area contributed by atoms with Gasteiger partial charge in [-0.3, -0.25) is 14.5 Å². The molecule has 1 aliphatic heterocycles. The fourth-order valence-corrected chi connectivity index (χ4v) is 4.06. The molecule has 0 bridgehead atoms. The van der Waals surface area contributed by atoms with Gasteiger partial charge in [0.1, 0.15) is 18.1 Å². The number of rotatable bonds is 4. The maximum Gasteiger partial charge on any atom is 0.259 e. The molecule has 1 aliphatic rings. The van der Waals surface area contributed by atoms with Gasteiger partial charge in [0.05, 0.1) is 24.3 Å². The third-order valence-corrected chi connectivity index (χ3v) is 6.37. The lowest BCUT2D eigenvalue weighted by molar-refractivity contribution is 0.0150. The predicted octanol–water partition coefficient (Wildman–Crippen LogP) is 3.38. The van der Waals surface area contributed by atoms with E-state index in [1.165, 1.54) is 7.11 Å². The highest BCUT2D eigenvalue weighted by molar-refractivity contribution is 6.06. The summed E-state index contributed by atoms with van der Waals surface area (Å²) in [5.41, 5.74) is 1.39. The molecule has 184 valence electrons. The fourth-order valence-electron chi connectivity index (χ4n) is 4.06. The Labute approximate surface area is 201 Å². The Hall–Kier alpha value is -3.10. The number of carbonyl (C=O) groups is 2. The highest BCUT2D eigenvalue weighted by Crippen LogP contribution is 2.27. The molecular weight excluding hydrogens is 434 g/mol. The molecular formula is C26H35N3O5. The van der Waals surface area contributed by atoms with Crippen LogP contribution in [0.15, 0.2) is 42.5 Å². The molecule has 0 aliphatic carbocycles. The summed E-state index contributed by atoms with van der Waals surface area (Å²) in [6.07, 6.45) is -0.0909. The third kappa shape index (κ3) is 5.87. The van der Waals surface area contributed by atoms with E-state index in [4.69, 9.17) is 14.2 Å². The van der Waals surface area contributed by atoms with Crippen molar-refractivity contribution in [1.29, 1.82) is 0 Å². The first-order valence-corrected chi connectivity index (χ1v) is 11.4. The van der Waals surface area contributed by atoms with Gasteiger partial charge in [0.2, 0.25) is 0 Å². The Morgan fingerprint density at radius 3 is 2.53 bits per heavy atom. The van der Waals surface area contributed by atoms with Crippen molar-refractivity contribution in [3.8, 4) is 11.5 Å². The van der Waals surface area contributed by atoms with E-state index in [0.29, 0.717) is 41.5 Å². The molecule has 0 fully saturated rings. The maximum absolute atomic E-state index is 13.3. The van der Waals surface area contributed by atoms with Gasteiger partial charge in [0, 0.05) is 45.0 Å². The molecule has 0 radical (unpaired) electrons. The van der Waals surface area contributed by atoms with Gasteiger partial charge in [0.15, 0.2) is 0 Å². The summed E-state index contributed by atoms with van der Waals surface area (Å²) >= 11 is 0. The number of anilines is 1. The number of likely N-dealkylation sites (N-methyl/N-ethyl adjacent to an activating group) is 2. The van der Waals surface area contributed by atoms with Crippen molar-refractivity contribution < 1.29 is 23.8 Å². The van der Waals surface area contributed by atoms with Crippen LogP contribution in [0.2, 0.25) is 0 Å². The molecule has 0 aromatic heterocycles. The number of para-hydroxylation sites is 1. The minimum Gasteiger partial charge on any atom is -0.496 e. The van der Waals surface area contributed by atoms with Crippen molar-refractivity contribution in [1.82, 2.24) is 9.80 Å². The lowest BCUT2D eigenvalue weighted by Gasteiger charge is -2.34. The topological polar surface area (TPSA) is 80.3 Å². The summed E-state index contributed by atoms with van der Waals surface area (Å²) in [4.78, 5) is 30.0. The molecule has 2 aromatic rings. The number of hydrogen-bond acceptors (Lipinski definition) is 6. The van der Waals surface area contributed by atoms with Gasteiger partial charge in [-0.05, 0) is 44.2 Å². The summed E-state index contributed by atoms with van der Waals surface area (Å²) in [5, 5.41) is 2.88. The van der Waals surface area contributed by atoms with Gasteiger partial charge in [-0.2, -0.15) is 0 Å². The number of hydrogen-bond donors (Lipinski definition) is 1. The number of nitrogens with zero attached hydrogens (tertiary/aromatic N) is 2. The van der Waals surface area contributed by atoms with E-state index in [9.17, 15) is 9.59 Å². The minimum absolute atomic E-state index is 0.0909. The monoisotopic (exact) mass is 469 g/mol. The van der Waals surface area contributed by atoms with E-state index in [-0.39, 0.29) is 29.9 Å². The number of methoxy groups -OCH3 is 2. The van der Waals surface area contributed by atoms with Crippen molar-refractivity contribution in [2.24, 2.45) is 5.92 Å². The maximum atomic E-state index is 13.3. The smallest absolute Gasteiger partial charge is 0.259 e. The van der Waals surface area contributed by atoms with Crippen LogP contribution in [0.25, 0.3) is 0 Å². The van der Waals surface area contributed by atoms with Gasteiger partial charge in [-0.15, -0.1) is 0 Å². The van der Waals surface area contributed by atoms with E-state index < -0.39 is 0 Å². The molecule has 2 amide bonds. The zero-order valence-corrected chi connectivity index (χ0v) is 20.8. The summed E-state index contributed by atoms with van der Waals surface area (Å²) in [5.74, 6) is 0.683. The Morgan fingerprint density at radius 1 is 1.09 bits per heavy atom. The van der Waals surface area contributed by atoms with Crippen molar-refractivity contribution in [2.75, 3.05) is 53.3 Å². The molecule has 0 saturated heterocycles. The minimum atomic E-state index is -0.306. The zero-order valence-electron chi connectivity index (χ0n) is 20.8. The molecule has 8 nitrogen and oxygen atoms in total. The molecule has 0 spiro atoms. The SMILES string of the molecule is COc1ccccc1C(=O)Nc1ccc2c(c1)OC[C@H](C)N(C)C[C@@H](C)[C@@H](OC)CN(C)C2=O. The quantitative estimate of drug-likeness (QED) is 0.740. The Bertz CT molecular complexity index is 1010. The number of benzene rings is 2. The second-order valence-electron chi connectivity index (χ2n) is 8.90. The summed E-state index contributed by atoms with van der Waals surface area (Å²) in [6, 6.07) is 12.2. The molecule has 3 atom stereocenters. The van der Waals surface area contributed by atoms with Crippen molar-refractivity contribution in [3.05, 3.63) is 53.6 Å². The normalized spacial score (nSPS) is 22.1. The van der Waals surface area contributed by atoms with Gasteiger partial charge < -0.3 is 24.4 Å². The number of ether oxygens (including phenoxy) is 3. The van der Waals surface area contributed by atoms with E-state index >= 15 is 0 Å². The lowest BCUT2D eigenvalue weighted by Crippen LogP contribution is -2.45. The average molecular weight is 470 g/mol. The molecule has 8 heteroatoms. The van der Waals surface area contributed by atoms with E-state index in [2.05, 4.69) is 31.1 Å². The van der Waals surface area contributed by atoms with Crippen molar-refractivity contribution in [3.63, 3.8) is 0 Å². The molecule has 3 rings (SSSR count). The summed E-state index contributed by atoms with van der Waals surface area (Å²) in [7, 11) is 7.03. The van der Waals surface area contributed by atoms with Crippen LogP contribution >= 0.6 is 0 Å². The Kier molecular flexibility index (Phi) is 8.52. The zero-order chi connectivity index (χ0) is 24.8. The van der Waals surface area contributed by atoms with E-state index in [1.54, 1.807) is 61.5 Å². The first kappa shape index (κ1) is 25.5. The van der Waals surface area contributed by atoms with Gasteiger partial charge in [-0.25, -0.2) is 0 Å². The van der Waals surface area contributed by atoms with Crippen LogP contribution in [0.1, 0.15) is 34.6 Å². The number of fused-ring (bicyclic) bond motifs is 1. The molecule has 1 N–H and O–H groups in total.